The van der Waals surface area contributed by atoms with Gasteiger partial charge in [0.15, 0.2) is 0 Å². The Balaban J connectivity index is 1.62. The van der Waals surface area contributed by atoms with Crippen LogP contribution in [0.15, 0.2) is 35.1 Å². The molecular weight excluding hydrogens is 288 g/mol. The summed E-state index contributed by atoms with van der Waals surface area (Å²) in [5.74, 6) is 1.78. The summed E-state index contributed by atoms with van der Waals surface area (Å²) in [5.41, 5.74) is 1.25. The minimum absolute atomic E-state index is 0.00497. The van der Waals surface area contributed by atoms with E-state index < -0.39 is 0 Å². The fourth-order valence-corrected chi connectivity index (χ4v) is 2.91. The second-order valence-corrected chi connectivity index (χ2v) is 7.22. The molecule has 0 amide bonds. The van der Waals surface area contributed by atoms with E-state index in [0.717, 1.165) is 37.8 Å². The van der Waals surface area contributed by atoms with Crippen LogP contribution in [0.1, 0.15) is 45.4 Å². The third-order valence-electron chi connectivity index (χ3n) is 4.51. The molecule has 2 aromatic heterocycles. The lowest BCUT2D eigenvalue weighted by molar-refractivity contribution is 0.169. The average molecular weight is 314 g/mol. The summed E-state index contributed by atoms with van der Waals surface area (Å²) in [7, 11) is 0. The van der Waals surface area contributed by atoms with Gasteiger partial charge in [-0.1, -0.05) is 20.8 Å². The zero-order valence-corrected chi connectivity index (χ0v) is 14.5. The predicted octanol–water partition coefficient (Wildman–Crippen LogP) is 3.25. The summed E-state index contributed by atoms with van der Waals surface area (Å²) < 4.78 is 6.00. The maximum absolute atomic E-state index is 6.00. The Morgan fingerprint density at radius 3 is 2.30 bits per heavy atom. The van der Waals surface area contributed by atoms with Crippen LogP contribution in [0.5, 0.6) is 0 Å². The Bertz CT molecular complexity index is 624. The number of hydrogen-bond donors (Lipinski definition) is 0. The van der Waals surface area contributed by atoms with E-state index in [9.17, 15) is 0 Å². The van der Waals surface area contributed by atoms with Crippen LogP contribution in [-0.2, 0) is 5.41 Å². The van der Waals surface area contributed by atoms with Gasteiger partial charge >= 0.3 is 0 Å². The molecule has 0 spiro atoms. The molecule has 2 aromatic rings. The molecule has 0 aromatic carbocycles. The molecule has 1 aliphatic heterocycles. The summed E-state index contributed by atoms with van der Waals surface area (Å²) in [6, 6.07) is 4.36. The van der Waals surface area contributed by atoms with Crippen molar-refractivity contribution >= 4 is 5.69 Å². The van der Waals surface area contributed by atoms with Gasteiger partial charge in [-0.05, 0) is 19.1 Å². The Morgan fingerprint density at radius 1 is 1.09 bits per heavy atom. The Kier molecular flexibility index (Phi) is 4.39. The van der Waals surface area contributed by atoms with Crippen LogP contribution >= 0.6 is 0 Å². The number of nitrogens with zero attached hydrogens (tertiary/aromatic N) is 4. The van der Waals surface area contributed by atoms with Gasteiger partial charge in [-0.25, -0.2) is 4.98 Å². The van der Waals surface area contributed by atoms with Crippen molar-refractivity contribution in [3.8, 4) is 0 Å². The van der Waals surface area contributed by atoms with Gasteiger partial charge in [0.1, 0.15) is 5.76 Å². The van der Waals surface area contributed by atoms with E-state index in [0.29, 0.717) is 0 Å². The minimum Gasteiger partial charge on any atom is -0.443 e. The number of pyridine rings is 1. The molecular formula is C18H26N4O. The van der Waals surface area contributed by atoms with Gasteiger partial charge < -0.3 is 9.32 Å². The van der Waals surface area contributed by atoms with Gasteiger partial charge in [0, 0.05) is 49.7 Å². The second kappa shape index (κ2) is 6.32. The van der Waals surface area contributed by atoms with Gasteiger partial charge in [0.25, 0.3) is 0 Å². The van der Waals surface area contributed by atoms with Crippen molar-refractivity contribution in [2.24, 2.45) is 0 Å². The summed E-state index contributed by atoms with van der Waals surface area (Å²) >= 11 is 0. The first kappa shape index (κ1) is 16.0. The Labute approximate surface area is 138 Å². The maximum atomic E-state index is 6.00. The van der Waals surface area contributed by atoms with Crippen LogP contribution in [-0.4, -0.2) is 41.0 Å². The summed E-state index contributed by atoms with van der Waals surface area (Å²) in [5, 5.41) is 0. The minimum atomic E-state index is 0.00497. The van der Waals surface area contributed by atoms with Crippen LogP contribution in [0, 0.1) is 0 Å². The molecule has 1 aliphatic rings. The molecule has 3 rings (SSSR count). The summed E-state index contributed by atoms with van der Waals surface area (Å²) in [6.07, 6.45) is 5.58. The fourth-order valence-electron chi connectivity index (χ4n) is 2.91. The molecule has 0 N–H and O–H groups in total. The molecule has 5 heteroatoms. The first-order valence-corrected chi connectivity index (χ1v) is 8.30. The number of piperazine rings is 1. The molecule has 1 atom stereocenters. The van der Waals surface area contributed by atoms with Crippen LogP contribution in [0.25, 0.3) is 0 Å². The topological polar surface area (TPSA) is 45.4 Å². The number of hydrogen-bond acceptors (Lipinski definition) is 5. The lowest BCUT2D eigenvalue weighted by Gasteiger charge is -2.38. The van der Waals surface area contributed by atoms with Crippen molar-refractivity contribution in [2.75, 3.05) is 31.1 Å². The van der Waals surface area contributed by atoms with Crippen LogP contribution in [0.3, 0.4) is 0 Å². The van der Waals surface area contributed by atoms with Crippen LogP contribution in [0.2, 0.25) is 0 Å². The largest absolute Gasteiger partial charge is 0.443 e. The molecule has 1 saturated heterocycles. The SMILES string of the molecule is C[C@@H](c1ncc(C(C)(C)C)o1)N1CCN(c2ccncc2)CC1. The van der Waals surface area contributed by atoms with E-state index in [1.54, 1.807) is 0 Å². The quantitative estimate of drug-likeness (QED) is 0.870. The van der Waals surface area contributed by atoms with Gasteiger partial charge in [-0.3, -0.25) is 9.88 Å². The highest BCUT2D eigenvalue weighted by atomic mass is 16.4. The van der Waals surface area contributed by atoms with Crippen molar-refractivity contribution in [2.45, 2.75) is 39.2 Å². The van der Waals surface area contributed by atoms with E-state index in [2.05, 4.69) is 59.6 Å². The first-order chi connectivity index (χ1) is 10.9. The molecule has 0 bridgehead atoms. The fraction of sp³-hybridized carbons (Fsp3) is 0.556. The van der Waals surface area contributed by atoms with E-state index in [4.69, 9.17) is 4.42 Å². The number of anilines is 1. The summed E-state index contributed by atoms with van der Waals surface area (Å²) in [4.78, 5) is 13.4. The van der Waals surface area contributed by atoms with Gasteiger partial charge in [0.05, 0.1) is 12.2 Å². The molecule has 23 heavy (non-hydrogen) atoms. The Hall–Kier alpha value is -1.88. The van der Waals surface area contributed by atoms with E-state index >= 15 is 0 Å². The van der Waals surface area contributed by atoms with Crippen molar-refractivity contribution in [1.29, 1.82) is 0 Å². The van der Waals surface area contributed by atoms with E-state index in [1.165, 1.54) is 5.69 Å². The third kappa shape index (κ3) is 3.55. The van der Waals surface area contributed by atoms with E-state index in [1.807, 2.05) is 18.6 Å². The van der Waals surface area contributed by atoms with E-state index in [-0.39, 0.29) is 11.5 Å². The number of rotatable bonds is 3. The predicted molar refractivity (Wildman–Crippen MR) is 91.6 cm³/mol. The van der Waals surface area contributed by atoms with Gasteiger partial charge in [-0.15, -0.1) is 0 Å². The summed E-state index contributed by atoms with van der Waals surface area (Å²) in [6.45, 7) is 12.7. The molecule has 0 radical (unpaired) electrons. The lowest BCUT2D eigenvalue weighted by Crippen LogP contribution is -2.47. The second-order valence-electron chi connectivity index (χ2n) is 7.22. The zero-order chi connectivity index (χ0) is 16.4. The Morgan fingerprint density at radius 2 is 1.74 bits per heavy atom. The van der Waals surface area contributed by atoms with Crippen molar-refractivity contribution in [3.05, 3.63) is 42.4 Å². The molecule has 5 nitrogen and oxygen atoms in total. The standard InChI is InChI=1S/C18H26N4O/c1-14(17-20-13-16(23-17)18(2,3)4)21-9-11-22(12-10-21)15-5-7-19-8-6-15/h5-8,13-14H,9-12H2,1-4H3/t14-/m0/s1. The highest BCUT2D eigenvalue weighted by molar-refractivity contribution is 5.45. The first-order valence-electron chi connectivity index (χ1n) is 8.30. The monoisotopic (exact) mass is 314 g/mol. The molecule has 0 unspecified atom stereocenters. The van der Waals surface area contributed by atoms with Gasteiger partial charge in [-0.2, -0.15) is 0 Å². The molecule has 0 saturated carbocycles. The lowest BCUT2D eigenvalue weighted by atomic mass is 9.94. The highest BCUT2D eigenvalue weighted by Gasteiger charge is 2.27. The zero-order valence-electron chi connectivity index (χ0n) is 14.5. The van der Waals surface area contributed by atoms with Crippen LogP contribution < -0.4 is 4.90 Å². The number of oxazole rings is 1. The third-order valence-corrected chi connectivity index (χ3v) is 4.51. The van der Waals surface area contributed by atoms with Crippen molar-refractivity contribution in [3.63, 3.8) is 0 Å². The number of aromatic nitrogens is 2. The highest BCUT2D eigenvalue weighted by Crippen LogP contribution is 2.28. The molecule has 3 heterocycles. The smallest absolute Gasteiger partial charge is 0.211 e. The van der Waals surface area contributed by atoms with Gasteiger partial charge in [0.2, 0.25) is 5.89 Å². The van der Waals surface area contributed by atoms with Crippen molar-refractivity contribution < 1.29 is 4.42 Å². The van der Waals surface area contributed by atoms with Crippen LogP contribution in [0.4, 0.5) is 5.69 Å². The molecule has 1 fully saturated rings. The average Bonchev–Trinajstić information content (AvgIpc) is 3.05. The maximum Gasteiger partial charge on any atom is 0.211 e. The molecule has 0 aliphatic carbocycles. The van der Waals surface area contributed by atoms with Crippen molar-refractivity contribution in [1.82, 2.24) is 14.9 Å². The molecule has 124 valence electrons. The normalized spacial score (nSPS) is 18.2.